The number of halogens is 3. The van der Waals surface area contributed by atoms with Crippen molar-refractivity contribution >= 4 is 0 Å². The number of H-pyrrole nitrogens is 1. The van der Waals surface area contributed by atoms with E-state index in [4.69, 9.17) is 0 Å². The van der Waals surface area contributed by atoms with E-state index in [0.717, 1.165) is 24.4 Å². The zero-order valence-corrected chi connectivity index (χ0v) is 15.1. The third kappa shape index (κ3) is 3.70. The summed E-state index contributed by atoms with van der Waals surface area (Å²) in [4.78, 5) is 26.2. The first-order chi connectivity index (χ1) is 13.3. The molecule has 6 nitrogen and oxygen atoms in total. The quantitative estimate of drug-likeness (QED) is 0.748. The van der Waals surface area contributed by atoms with Gasteiger partial charge < -0.3 is 9.55 Å². The van der Waals surface area contributed by atoms with E-state index >= 15 is 0 Å². The van der Waals surface area contributed by atoms with E-state index in [1.165, 1.54) is 12.1 Å². The average Bonchev–Trinajstić information content (AvgIpc) is 3.06. The predicted molar refractivity (Wildman–Crippen MR) is 96.3 cm³/mol. The second-order valence-corrected chi connectivity index (χ2v) is 6.91. The van der Waals surface area contributed by atoms with Gasteiger partial charge in [-0.25, -0.2) is 9.97 Å². The molecule has 1 N–H and O–H groups in total. The number of fused-ring (bicyclic) bond motifs is 1. The summed E-state index contributed by atoms with van der Waals surface area (Å²) in [6, 6.07) is 4.63. The molecule has 0 saturated carbocycles. The van der Waals surface area contributed by atoms with Gasteiger partial charge in [-0.15, -0.1) is 0 Å². The molecule has 9 heteroatoms. The number of rotatable bonds is 3. The van der Waals surface area contributed by atoms with Gasteiger partial charge in [0, 0.05) is 44.9 Å². The first kappa shape index (κ1) is 18.4. The van der Waals surface area contributed by atoms with Gasteiger partial charge in [-0.3, -0.25) is 9.69 Å². The zero-order chi connectivity index (χ0) is 19.9. The molecular formula is C19H18F3N5O. The van der Waals surface area contributed by atoms with E-state index in [9.17, 15) is 18.0 Å². The summed E-state index contributed by atoms with van der Waals surface area (Å²) >= 11 is 0. The number of benzene rings is 1. The van der Waals surface area contributed by atoms with Crippen LogP contribution in [-0.4, -0.2) is 31.0 Å². The third-order valence-corrected chi connectivity index (χ3v) is 4.78. The maximum atomic E-state index is 12.7. The van der Waals surface area contributed by atoms with Gasteiger partial charge in [0.2, 0.25) is 0 Å². The molecule has 1 aliphatic rings. The van der Waals surface area contributed by atoms with Crippen LogP contribution in [0.15, 0.2) is 41.6 Å². The molecule has 1 aliphatic heterocycles. The van der Waals surface area contributed by atoms with Gasteiger partial charge in [-0.05, 0) is 12.1 Å². The predicted octanol–water partition coefficient (Wildman–Crippen LogP) is 2.75. The highest BCUT2D eigenvalue weighted by Crippen LogP contribution is 2.30. The van der Waals surface area contributed by atoms with Crippen molar-refractivity contribution < 1.29 is 13.2 Å². The smallest absolute Gasteiger partial charge is 0.340 e. The number of imidazole rings is 1. The second kappa shape index (κ2) is 6.90. The van der Waals surface area contributed by atoms with Gasteiger partial charge in [-0.1, -0.05) is 12.1 Å². The van der Waals surface area contributed by atoms with Crippen molar-refractivity contribution in [2.24, 2.45) is 7.05 Å². The minimum absolute atomic E-state index is 0.259. The van der Waals surface area contributed by atoms with Gasteiger partial charge in [0.15, 0.2) is 0 Å². The van der Waals surface area contributed by atoms with Gasteiger partial charge in [0.05, 0.1) is 28.8 Å². The number of hydrogen-bond donors (Lipinski definition) is 1. The molecule has 4 rings (SSSR count). The molecule has 0 radical (unpaired) electrons. The van der Waals surface area contributed by atoms with Gasteiger partial charge in [0.25, 0.3) is 5.56 Å². The Morgan fingerprint density at radius 1 is 1.21 bits per heavy atom. The summed E-state index contributed by atoms with van der Waals surface area (Å²) in [6.07, 6.45) is -0.129. The van der Waals surface area contributed by atoms with Crippen LogP contribution in [0.4, 0.5) is 13.2 Å². The molecule has 0 spiro atoms. The summed E-state index contributed by atoms with van der Waals surface area (Å²) in [5.74, 6) is 0.288. The van der Waals surface area contributed by atoms with E-state index in [0.29, 0.717) is 36.3 Å². The highest BCUT2D eigenvalue weighted by Gasteiger charge is 2.30. The van der Waals surface area contributed by atoms with Crippen molar-refractivity contribution in [2.45, 2.75) is 25.7 Å². The normalized spacial score (nSPS) is 14.9. The number of hydrogen-bond acceptors (Lipinski definition) is 4. The summed E-state index contributed by atoms with van der Waals surface area (Å²) in [6.45, 7) is 1.83. The molecule has 0 bridgehead atoms. The van der Waals surface area contributed by atoms with Gasteiger partial charge in [0.1, 0.15) is 5.82 Å². The Hall–Kier alpha value is -2.94. The van der Waals surface area contributed by atoms with Crippen LogP contribution < -0.4 is 5.56 Å². The molecule has 28 heavy (non-hydrogen) atoms. The lowest BCUT2D eigenvalue weighted by molar-refractivity contribution is -0.137. The van der Waals surface area contributed by atoms with E-state index in [-0.39, 0.29) is 11.4 Å². The first-order valence-electron chi connectivity index (χ1n) is 8.78. The van der Waals surface area contributed by atoms with E-state index in [1.54, 1.807) is 6.33 Å². The Labute approximate surface area is 158 Å². The van der Waals surface area contributed by atoms with Crippen molar-refractivity contribution in [1.29, 1.82) is 0 Å². The Morgan fingerprint density at radius 2 is 1.96 bits per heavy atom. The maximum absolute atomic E-state index is 12.7. The SMILES string of the molecule is Cn1cnc(CN2CCc3nc(-c4ccc(C(F)(F)F)cc4)[nH]c(=O)c3C2)c1. The molecule has 0 saturated heterocycles. The highest BCUT2D eigenvalue weighted by atomic mass is 19.4. The fourth-order valence-electron chi connectivity index (χ4n) is 3.35. The fraction of sp³-hybridized carbons (Fsp3) is 0.316. The lowest BCUT2D eigenvalue weighted by Crippen LogP contribution is -2.35. The number of alkyl halides is 3. The van der Waals surface area contributed by atoms with Crippen LogP contribution in [0.1, 0.15) is 22.5 Å². The Morgan fingerprint density at radius 3 is 2.61 bits per heavy atom. The largest absolute Gasteiger partial charge is 0.416 e. The summed E-state index contributed by atoms with van der Waals surface area (Å²) in [7, 11) is 1.90. The van der Waals surface area contributed by atoms with Crippen LogP contribution in [0, 0.1) is 0 Å². The van der Waals surface area contributed by atoms with Gasteiger partial charge in [-0.2, -0.15) is 13.2 Å². The zero-order valence-electron chi connectivity index (χ0n) is 15.1. The summed E-state index contributed by atoms with van der Waals surface area (Å²) in [5.41, 5.74) is 1.67. The first-order valence-corrected chi connectivity index (χ1v) is 8.78. The van der Waals surface area contributed by atoms with Crippen LogP contribution in [0.5, 0.6) is 0 Å². The standard InChI is InChI=1S/C19H18F3N5O/c1-26-8-14(23-11-26)9-27-7-6-16-15(10-27)18(28)25-17(24-16)12-2-4-13(5-3-12)19(20,21)22/h2-5,8,11H,6-7,9-10H2,1H3,(H,24,25,28). The number of aryl methyl sites for hydroxylation is 1. The summed E-state index contributed by atoms with van der Waals surface area (Å²) < 4.78 is 40.0. The molecule has 0 fully saturated rings. The van der Waals surface area contributed by atoms with Crippen LogP contribution in [0.2, 0.25) is 0 Å². The molecule has 0 amide bonds. The average molecular weight is 389 g/mol. The molecule has 3 heterocycles. The van der Waals surface area contributed by atoms with Crippen LogP contribution in [-0.2, 0) is 32.7 Å². The lowest BCUT2D eigenvalue weighted by Gasteiger charge is -2.27. The number of nitrogens with zero attached hydrogens (tertiary/aromatic N) is 4. The molecule has 146 valence electrons. The Kier molecular flexibility index (Phi) is 4.54. The fourth-order valence-corrected chi connectivity index (χ4v) is 3.35. The second-order valence-electron chi connectivity index (χ2n) is 6.91. The number of aromatic amines is 1. The minimum Gasteiger partial charge on any atom is -0.340 e. The van der Waals surface area contributed by atoms with Crippen LogP contribution >= 0.6 is 0 Å². The van der Waals surface area contributed by atoms with Crippen molar-refractivity contribution in [2.75, 3.05) is 6.54 Å². The molecule has 3 aromatic rings. The van der Waals surface area contributed by atoms with Crippen LogP contribution in [0.3, 0.4) is 0 Å². The minimum atomic E-state index is -4.40. The van der Waals surface area contributed by atoms with Crippen LogP contribution in [0.25, 0.3) is 11.4 Å². The maximum Gasteiger partial charge on any atom is 0.416 e. The van der Waals surface area contributed by atoms with E-state index in [1.807, 2.05) is 17.8 Å². The highest BCUT2D eigenvalue weighted by molar-refractivity contribution is 5.56. The Bertz CT molecular complexity index is 1050. The van der Waals surface area contributed by atoms with Crippen molar-refractivity contribution in [3.8, 4) is 11.4 Å². The lowest BCUT2D eigenvalue weighted by atomic mass is 10.1. The Balaban J connectivity index is 1.56. The molecule has 1 aromatic carbocycles. The van der Waals surface area contributed by atoms with Crippen molar-refractivity contribution in [3.05, 3.63) is 69.7 Å². The third-order valence-electron chi connectivity index (χ3n) is 4.78. The molecular weight excluding hydrogens is 371 g/mol. The number of aromatic nitrogens is 4. The molecule has 2 aromatic heterocycles. The topological polar surface area (TPSA) is 66.8 Å². The van der Waals surface area contributed by atoms with Gasteiger partial charge >= 0.3 is 6.18 Å². The monoisotopic (exact) mass is 389 g/mol. The molecule has 0 atom stereocenters. The number of nitrogens with one attached hydrogen (secondary N) is 1. The molecule has 0 unspecified atom stereocenters. The van der Waals surface area contributed by atoms with Crippen molar-refractivity contribution in [1.82, 2.24) is 24.4 Å². The van der Waals surface area contributed by atoms with Crippen molar-refractivity contribution in [3.63, 3.8) is 0 Å². The van der Waals surface area contributed by atoms with E-state index in [2.05, 4.69) is 19.9 Å². The van der Waals surface area contributed by atoms with E-state index < -0.39 is 11.7 Å². The summed E-state index contributed by atoms with van der Waals surface area (Å²) in [5, 5.41) is 0. The molecule has 0 aliphatic carbocycles.